The Hall–Kier alpha value is -2.93. The van der Waals surface area contributed by atoms with Gasteiger partial charge in [0.15, 0.2) is 5.11 Å². The Morgan fingerprint density at radius 3 is 2.42 bits per heavy atom. The number of thiocarbonyl (C=S) groups is 1. The predicted octanol–water partition coefficient (Wildman–Crippen LogP) is 2.96. The molecule has 0 unspecified atom stereocenters. The van der Waals surface area contributed by atoms with Crippen molar-refractivity contribution in [2.45, 2.75) is 13.3 Å². The zero-order valence-electron chi connectivity index (χ0n) is 14.7. The Morgan fingerprint density at radius 2 is 1.73 bits per heavy atom. The van der Waals surface area contributed by atoms with Gasteiger partial charge in [0.25, 0.3) is 11.8 Å². The summed E-state index contributed by atoms with van der Waals surface area (Å²) >= 11 is 5.18. The number of amides is 2. The van der Waals surface area contributed by atoms with Crippen molar-refractivity contribution in [3.05, 3.63) is 59.7 Å². The lowest BCUT2D eigenvalue weighted by atomic mass is 10.2. The molecule has 0 aliphatic carbocycles. The third-order valence-electron chi connectivity index (χ3n) is 3.41. The summed E-state index contributed by atoms with van der Waals surface area (Å²) in [5.74, 6) is 0.0936. The molecule has 3 N–H and O–H groups in total. The zero-order valence-corrected chi connectivity index (χ0v) is 15.5. The molecular weight excluding hydrogens is 350 g/mol. The number of nitrogens with one attached hydrogen (secondary N) is 3. The monoisotopic (exact) mass is 371 g/mol. The van der Waals surface area contributed by atoms with E-state index < -0.39 is 0 Å². The molecule has 7 heteroatoms. The first-order valence-electron chi connectivity index (χ1n) is 8.21. The van der Waals surface area contributed by atoms with Gasteiger partial charge < -0.3 is 15.4 Å². The topological polar surface area (TPSA) is 79.5 Å². The molecule has 0 aliphatic rings. The maximum Gasteiger partial charge on any atom is 0.257 e. The van der Waals surface area contributed by atoms with Crippen molar-refractivity contribution < 1.29 is 14.3 Å². The molecule has 2 amide bonds. The molecule has 136 valence electrons. The van der Waals surface area contributed by atoms with Gasteiger partial charge in [0.05, 0.1) is 6.61 Å². The van der Waals surface area contributed by atoms with E-state index in [2.05, 4.69) is 16.0 Å². The molecular formula is C19H21N3O3S. The second kappa shape index (κ2) is 9.53. The van der Waals surface area contributed by atoms with E-state index in [1.54, 1.807) is 55.6 Å². The van der Waals surface area contributed by atoms with Gasteiger partial charge in [0.1, 0.15) is 5.75 Å². The van der Waals surface area contributed by atoms with Crippen LogP contribution in [0.25, 0.3) is 0 Å². The number of anilines is 1. The van der Waals surface area contributed by atoms with E-state index in [0.717, 1.165) is 6.42 Å². The summed E-state index contributed by atoms with van der Waals surface area (Å²) in [6.45, 7) is 2.60. The van der Waals surface area contributed by atoms with Crippen molar-refractivity contribution in [3.8, 4) is 5.75 Å². The highest BCUT2D eigenvalue weighted by Gasteiger charge is 2.10. The van der Waals surface area contributed by atoms with Crippen LogP contribution in [0, 0.1) is 0 Å². The van der Waals surface area contributed by atoms with Gasteiger partial charge >= 0.3 is 0 Å². The Bertz CT molecular complexity index is 808. The third kappa shape index (κ3) is 5.56. The number of ether oxygens (including phenoxy) is 1. The van der Waals surface area contributed by atoms with Crippen molar-refractivity contribution in [1.82, 2.24) is 10.6 Å². The van der Waals surface area contributed by atoms with E-state index in [4.69, 9.17) is 17.0 Å². The summed E-state index contributed by atoms with van der Waals surface area (Å²) in [4.78, 5) is 24.0. The lowest BCUT2D eigenvalue weighted by molar-refractivity contribution is 0.0959. The average Bonchev–Trinajstić information content (AvgIpc) is 2.66. The van der Waals surface area contributed by atoms with Crippen molar-refractivity contribution >= 4 is 34.8 Å². The highest BCUT2D eigenvalue weighted by Crippen LogP contribution is 2.14. The fourth-order valence-corrected chi connectivity index (χ4v) is 2.38. The minimum Gasteiger partial charge on any atom is -0.494 e. The van der Waals surface area contributed by atoms with E-state index in [1.165, 1.54) is 0 Å². The van der Waals surface area contributed by atoms with Crippen molar-refractivity contribution in [3.63, 3.8) is 0 Å². The van der Waals surface area contributed by atoms with Gasteiger partial charge in [-0.15, -0.1) is 0 Å². The van der Waals surface area contributed by atoms with Crippen molar-refractivity contribution in [2.24, 2.45) is 0 Å². The summed E-state index contributed by atoms with van der Waals surface area (Å²) in [5.41, 5.74) is 1.55. The second-order valence-corrected chi connectivity index (χ2v) is 5.85. The zero-order chi connectivity index (χ0) is 18.9. The Kier molecular flexibility index (Phi) is 7.11. The maximum atomic E-state index is 12.3. The first kappa shape index (κ1) is 19.4. The largest absolute Gasteiger partial charge is 0.494 e. The first-order valence-corrected chi connectivity index (χ1v) is 8.61. The molecule has 0 radical (unpaired) electrons. The molecule has 26 heavy (non-hydrogen) atoms. The summed E-state index contributed by atoms with van der Waals surface area (Å²) in [6, 6.07) is 13.7. The Balaban J connectivity index is 1.99. The summed E-state index contributed by atoms with van der Waals surface area (Å²) in [7, 11) is 1.56. The molecule has 2 aromatic carbocycles. The molecule has 0 saturated carbocycles. The highest BCUT2D eigenvalue weighted by molar-refractivity contribution is 7.80. The fourth-order valence-electron chi connectivity index (χ4n) is 2.17. The highest BCUT2D eigenvalue weighted by atomic mass is 32.1. The van der Waals surface area contributed by atoms with Crippen molar-refractivity contribution in [2.75, 3.05) is 19.0 Å². The SMILES string of the molecule is CCCOc1cccc(C(=O)NC(=S)Nc2cccc(C(=O)NC)c2)c1. The first-order chi connectivity index (χ1) is 12.5. The van der Waals surface area contributed by atoms with Crippen LogP contribution >= 0.6 is 12.2 Å². The minimum atomic E-state index is -0.341. The lowest BCUT2D eigenvalue weighted by Gasteiger charge is -2.11. The summed E-state index contributed by atoms with van der Waals surface area (Å²) in [6.07, 6.45) is 0.888. The third-order valence-corrected chi connectivity index (χ3v) is 3.61. The standard InChI is InChI=1S/C19H21N3O3S/c1-3-10-25-16-9-5-7-14(12-16)18(24)22-19(26)21-15-8-4-6-13(11-15)17(23)20-2/h4-9,11-12H,3,10H2,1-2H3,(H,20,23)(H2,21,22,24,26). The van der Waals surface area contributed by atoms with E-state index in [-0.39, 0.29) is 16.9 Å². The van der Waals surface area contributed by atoms with Gasteiger partial charge in [-0.3, -0.25) is 14.9 Å². The Morgan fingerprint density at radius 1 is 1.04 bits per heavy atom. The minimum absolute atomic E-state index is 0.143. The fraction of sp³-hybridized carbons (Fsp3) is 0.211. The lowest BCUT2D eigenvalue weighted by Crippen LogP contribution is -2.34. The van der Waals surface area contributed by atoms with Crippen LogP contribution in [0.2, 0.25) is 0 Å². The molecule has 0 heterocycles. The van der Waals surface area contributed by atoms with Gasteiger partial charge in [0, 0.05) is 23.9 Å². The molecule has 0 bridgehead atoms. The van der Waals surface area contributed by atoms with Crippen LogP contribution < -0.4 is 20.7 Å². The van der Waals surface area contributed by atoms with E-state index in [0.29, 0.717) is 29.2 Å². The van der Waals surface area contributed by atoms with Gasteiger partial charge in [0.2, 0.25) is 0 Å². The maximum absolute atomic E-state index is 12.3. The summed E-state index contributed by atoms with van der Waals surface area (Å²) in [5, 5.41) is 8.21. The van der Waals surface area contributed by atoms with E-state index in [9.17, 15) is 9.59 Å². The van der Waals surface area contributed by atoms with Crippen LogP contribution in [0.4, 0.5) is 5.69 Å². The van der Waals surface area contributed by atoms with Gasteiger partial charge in [-0.1, -0.05) is 19.1 Å². The number of hydrogen-bond donors (Lipinski definition) is 3. The number of rotatable bonds is 6. The van der Waals surface area contributed by atoms with Gasteiger partial charge in [-0.05, 0) is 55.0 Å². The van der Waals surface area contributed by atoms with E-state index >= 15 is 0 Å². The van der Waals surface area contributed by atoms with Crippen LogP contribution in [0.1, 0.15) is 34.1 Å². The molecule has 6 nitrogen and oxygen atoms in total. The number of carbonyl (C=O) groups excluding carboxylic acids is 2. The number of benzene rings is 2. The molecule has 0 atom stereocenters. The van der Waals surface area contributed by atoms with Crippen LogP contribution in [0.3, 0.4) is 0 Å². The number of hydrogen-bond acceptors (Lipinski definition) is 4. The van der Waals surface area contributed by atoms with Crippen molar-refractivity contribution in [1.29, 1.82) is 0 Å². The second-order valence-electron chi connectivity index (χ2n) is 5.44. The van der Waals surface area contributed by atoms with Gasteiger partial charge in [-0.2, -0.15) is 0 Å². The molecule has 2 rings (SSSR count). The van der Waals surface area contributed by atoms with Crippen LogP contribution in [-0.2, 0) is 0 Å². The molecule has 0 fully saturated rings. The molecule has 2 aromatic rings. The smallest absolute Gasteiger partial charge is 0.257 e. The summed E-state index contributed by atoms with van der Waals surface area (Å²) < 4.78 is 5.53. The van der Waals surface area contributed by atoms with Crippen LogP contribution in [0.15, 0.2) is 48.5 Å². The molecule has 0 saturated heterocycles. The number of carbonyl (C=O) groups is 2. The Labute approximate surface area is 157 Å². The molecule has 0 aromatic heterocycles. The average molecular weight is 371 g/mol. The van der Waals surface area contributed by atoms with Crippen LogP contribution in [0.5, 0.6) is 5.75 Å². The molecule has 0 aliphatic heterocycles. The quantitative estimate of drug-likeness (QED) is 0.681. The van der Waals surface area contributed by atoms with Gasteiger partial charge in [-0.25, -0.2) is 0 Å². The predicted molar refractivity (Wildman–Crippen MR) is 106 cm³/mol. The van der Waals surface area contributed by atoms with Crippen LogP contribution in [-0.4, -0.2) is 30.6 Å². The molecule has 0 spiro atoms. The normalized spacial score (nSPS) is 9.92. The van der Waals surface area contributed by atoms with E-state index in [1.807, 2.05) is 6.92 Å².